The van der Waals surface area contributed by atoms with Crippen LogP contribution in [0.5, 0.6) is 5.75 Å². The van der Waals surface area contributed by atoms with Crippen molar-refractivity contribution >= 4 is 16.2 Å². The number of aromatic hydroxyl groups is 1. The van der Waals surface area contributed by atoms with E-state index in [0.717, 1.165) is 5.56 Å². The summed E-state index contributed by atoms with van der Waals surface area (Å²) < 4.78 is 27.5. The number of rotatable bonds is 3. The lowest BCUT2D eigenvalue weighted by Crippen LogP contribution is -1.97. The molecule has 4 nitrogen and oxygen atoms in total. The van der Waals surface area contributed by atoms with Crippen molar-refractivity contribution in [1.82, 2.24) is 0 Å². The molecule has 0 amide bonds. The molecule has 0 spiro atoms. The molecular formula is C14H13NO3S. The monoisotopic (exact) mass is 275 g/mol. The number of hydrogen-bond acceptors (Lipinski definition) is 3. The van der Waals surface area contributed by atoms with Crippen molar-refractivity contribution in [2.24, 2.45) is 4.40 Å². The zero-order valence-corrected chi connectivity index (χ0v) is 11.1. The highest BCUT2D eigenvalue weighted by Crippen LogP contribution is 2.14. The Bertz CT molecular complexity index is 704. The Balaban J connectivity index is 2.29. The Kier molecular flexibility index (Phi) is 3.66. The fourth-order valence-electron chi connectivity index (χ4n) is 1.51. The molecule has 0 aliphatic carbocycles. The van der Waals surface area contributed by atoms with Gasteiger partial charge in [0.15, 0.2) is 0 Å². The maximum Gasteiger partial charge on any atom is 0.282 e. The standard InChI is InChI=1S/C14H13NO3S/c1-11-5-7-14(8-6-11)19(17,18)15-10-12-3-2-4-13(16)9-12/h2-10,16H,1H3. The number of nitrogens with zero attached hydrogens (tertiary/aromatic N) is 1. The first kappa shape index (κ1) is 13.3. The highest BCUT2D eigenvalue weighted by Gasteiger charge is 2.10. The number of benzene rings is 2. The Morgan fingerprint density at radius 2 is 1.79 bits per heavy atom. The summed E-state index contributed by atoms with van der Waals surface area (Å²) in [7, 11) is -3.70. The summed E-state index contributed by atoms with van der Waals surface area (Å²) >= 11 is 0. The Morgan fingerprint density at radius 3 is 2.42 bits per heavy atom. The van der Waals surface area contributed by atoms with Crippen molar-refractivity contribution in [3.8, 4) is 5.75 Å². The third-order valence-electron chi connectivity index (χ3n) is 2.53. The molecule has 5 heteroatoms. The summed E-state index contributed by atoms with van der Waals surface area (Å²) in [5, 5.41) is 9.28. The molecule has 0 heterocycles. The molecule has 2 rings (SSSR count). The van der Waals surface area contributed by atoms with Crippen LogP contribution < -0.4 is 0 Å². The molecular weight excluding hydrogens is 262 g/mol. The van der Waals surface area contributed by atoms with Crippen molar-refractivity contribution in [3.05, 3.63) is 59.7 Å². The van der Waals surface area contributed by atoms with E-state index in [1.165, 1.54) is 30.5 Å². The zero-order valence-electron chi connectivity index (χ0n) is 10.3. The van der Waals surface area contributed by atoms with Gasteiger partial charge in [0.2, 0.25) is 0 Å². The van der Waals surface area contributed by atoms with Crippen LogP contribution in [0.15, 0.2) is 57.8 Å². The van der Waals surface area contributed by atoms with Crippen molar-refractivity contribution in [2.45, 2.75) is 11.8 Å². The Morgan fingerprint density at radius 1 is 1.11 bits per heavy atom. The second-order valence-corrected chi connectivity index (χ2v) is 5.75. The minimum Gasteiger partial charge on any atom is -0.508 e. The van der Waals surface area contributed by atoms with Gasteiger partial charge in [-0.25, -0.2) is 0 Å². The average Bonchev–Trinajstić information content (AvgIpc) is 2.37. The fraction of sp³-hybridized carbons (Fsp3) is 0.0714. The van der Waals surface area contributed by atoms with Crippen molar-refractivity contribution in [2.75, 3.05) is 0 Å². The molecule has 0 radical (unpaired) electrons. The molecule has 0 fully saturated rings. The number of aryl methyl sites for hydroxylation is 1. The molecule has 0 bridgehead atoms. The lowest BCUT2D eigenvalue weighted by Gasteiger charge is -1.99. The van der Waals surface area contributed by atoms with Gasteiger partial charge in [-0.2, -0.15) is 12.8 Å². The predicted molar refractivity (Wildman–Crippen MR) is 74.1 cm³/mol. The molecule has 0 aliphatic heterocycles. The van der Waals surface area contributed by atoms with E-state index in [9.17, 15) is 13.5 Å². The van der Waals surface area contributed by atoms with Gasteiger partial charge in [0.1, 0.15) is 5.75 Å². The van der Waals surface area contributed by atoms with Crippen molar-refractivity contribution < 1.29 is 13.5 Å². The van der Waals surface area contributed by atoms with E-state index in [2.05, 4.69) is 4.40 Å². The topological polar surface area (TPSA) is 66.7 Å². The molecule has 0 aromatic heterocycles. The third-order valence-corrected chi connectivity index (χ3v) is 3.78. The highest BCUT2D eigenvalue weighted by molar-refractivity contribution is 7.90. The number of phenolic OH excluding ortho intramolecular Hbond substituents is 1. The van der Waals surface area contributed by atoms with E-state index >= 15 is 0 Å². The van der Waals surface area contributed by atoms with E-state index < -0.39 is 10.0 Å². The minimum atomic E-state index is -3.70. The number of hydrogen-bond donors (Lipinski definition) is 1. The van der Waals surface area contributed by atoms with E-state index in [0.29, 0.717) is 5.56 Å². The highest BCUT2D eigenvalue weighted by atomic mass is 32.2. The van der Waals surface area contributed by atoms with Crippen molar-refractivity contribution in [3.63, 3.8) is 0 Å². The Labute approximate surface area is 112 Å². The van der Waals surface area contributed by atoms with Gasteiger partial charge in [-0.3, -0.25) is 0 Å². The van der Waals surface area contributed by atoms with Crippen LogP contribution in [0.25, 0.3) is 0 Å². The van der Waals surface area contributed by atoms with Gasteiger partial charge in [-0.1, -0.05) is 29.8 Å². The SMILES string of the molecule is Cc1ccc(S(=O)(=O)N=Cc2cccc(O)c2)cc1. The summed E-state index contributed by atoms with van der Waals surface area (Å²) in [6.07, 6.45) is 1.22. The number of sulfonamides is 1. The second-order valence-electron chi connectivity index (χ2n) is 4.12. The van der Waals surface area contributed by atoms with E-state index in [-0.39, 0.29) is 10.6 Å². The molecule has 0 saturated heterocycles. The second kappa shape index (κ2) is 5.24. The van der Waals surface area contributed by atoms with Gasteiger partial charge in [0, 0.05) is 6.21 Å². The summed E-state index contributed by atoms with van der Waals surface area (Å²) in [6.45, 7) is 1.88. The number of phenols is 1. The molecule has 2 aromatic carbocycles. The quantitative estimate of drug-likeness (QED) is 0.875. The summed E-state index contributed by atoms with van der Waals surface area (Å²) in [6, 6.07) is 12.7. The maximum absolute atomic E-state index is 11.9. The molecule has 0 aliphatic rings. The molecule has 0 atom stereocenters. The average molecular weight is 275 g/mol. The van der Waals surface area contributed by atoms with Crippen LogP contribution in [0.3, 0.4) is 0 Å². The van der Waals surface area contributed by atoms with Gasteiger partial charge in [-0.15, -0.1) is 0 Å². The van der Waals surface area contributed by atoms with Gasteiger partial charge >= 0.3 is 0 Å². The lowest BCUT2D eigenvalue weighted by molar-refractivity contribution is 0.475. The Hall–Kier alpha value is -2.14. The lowest BCUT2D eigenvalue weighted by atomic mass is 10.2. The van der Waals surface area contributed by atoms with E-state index in [1.807, 2.05) is 6.92 Å². The van der Waals surface area contributed by atoms with E-state index in [4.69, 9.17) is 0 Å². The molecule has 19 heavy (non-hydrogen) atoms. The molecule has 98 valence electrons. The minimum absolute atomic E-state index is 0.0664. The van der Waals surface area contributed by atoms with Gasteiger partial charge < -0.3 is 5.11 Å². The van der Waals surface area contributed by atoms with Crippen LogP contribution in [-0.2, 0) is 10.0 Å². The summed E-state index contributed by atoms with van der Waals surface area (Å²) in [5.74, 6) is 0.0664. The summed E-state index contributed by atoms with van der Waals surface area (Å²) in [4.78, 5) is 0.148. The van der Waals surface area contributed by atoms with Crippen LogP contribution in [0, 0.1) is 6.92 Å². The van der Waals surface area contributed by atoms with Gasteiger partial charge in [0.25, 0.3) is 10.0 Å². The van der Waals surface area contributed by atoms with Crippen LogP contribution >= 0.6 is 0 Å². The molecule has 0 saturated carbocycles. The van der Waals surface area contributed by atoms with Crippen LogP contribution in [0.4, 0.5) is 0 Å². The maximum atomic E-state index is 11.9. The van der Waals surface area contributed by atoms with Crippen LogP contribution in [0.2, 0.25) is 0 Å². The smallest absolute Gasteiger partial charge is 0.282 e. The van der Waals surface area contributed by atoms with Gasteiger partial charge in [0.05, 0.1) is 4.90 Å². The van der Waals surface area contributed by atoms with Crippen molar-refractivity contribution in [1.29, 1.82) is 0 Å². The normalized spacial score (nSPS) is 11.8. The largest absolute Gasteiger partial charge is 0.508 e. The third kappa shape index (κ3) is 3.42. The first-order chi connectivity index (χ1) is 8.97. The van der Waals surface area contributed by atoms with E-state index in [1.54, 1.807) is 24.3 Å². The predicted octanol–water partition coefficient (Wildman–Crippen LogP) is 2.51. The first-order valence-electron chi connectivity index (χ1n) is 5.63. The zero-order chi connectivity index (χ0) is 13.9. The van der Waals surface area contributed by atoms with Crippen LogP contribution in [-0.4, -0.2) is 19.7 Å². The van der Waals surface area contributed by atoms with Crippen LogP contribution in [0.1, 0.15) is 11.1 Å². The summed E-state index contributed by atoms with van der Waals surface area (Å²) in [5.41, 5.74) is 1.51. The van der Waals surface area contributed by atoms with Gasteiger partial charge in [-0.05, 0) is 36.8 Å². The molecule has 2 aromatic rings. The molecule has 0 unspecified atom stereocenters. The molecule has 1 N–H and O–H groups in total. The first-order valence-corrected chi connectivity index (χ1v) is 7.07. The fourth-order valence-corrected chi connectivity index (χ4v) is 2.37.